The normalized spacial score (nSPS) is 13.1. The minimum Gasteiger partial charge on any atom is -0.206 e. The molecular weight excluding hydrogens is 366 g/mol. The van der Waals surface area contributed by atoms with Crippen molar-refractivity contribution in [3.63, 3.8) is 0 Å². The van der Waals surface area contributed by atoms with Crippen molar-refractivity contribution >= 4 is 53.2 Å². The zero-order valence-electron chi connectivity index (χ0n) is 8.47. The van der Waals surface area contributed by atoms with Crippen LogP contribution in [-0.4, -0.2) is 14.0 Å². The Morgan fingerprint density at radius 3 is 2.20 bits per heavy atom. The third-order valence-electron chi connectivity index (χ3n) is 1.33. The third-order valence-corrected chi connectivity index (χ3v) is 6.82. The SMILES string of the molecule is CC(C)(C)NS(=O)(=O)c1cc(Br)c(Br)s1. The average molecular weight is 377 g/mol. The smallest absolute Gasteiger partial charge is 0.206 e. The van der Waals surface area contributed by atoms with Crippen LogP contribution in [0.1, 0.15) is 20.8 Å². The summed E-state index contributed by atoms with van der Waals surface area (Å²) >= 11 is 7.71. The molecule has 0 saturated heterocycles. The number of nitrogens with one attached hydrogen (secondary N) is 1. The van der Waals surface area contributed by atoms with Crippen molar-refractivity contribution in [2.24, 2.45) is 0 Å². The lowest BCUT2D eigenvalue weighted by Gasteiger charge is -2.19. The lowest BCUT2D eigenvalue weighted by Crippen LogP contribution is -2.40. The van der Waals surface area contributed by atoms with Crippen LogP contribution in [0.15, 0.2) is 18.5 Å². The first-order valence-electron chi connectivity index (χ1n) is 4.11. The van der Waals surface area contributed by atoms with Gasteiger partial charge in [0, 0.05) is 10.0 Å². The summed E-state index contributed by atoms with van der Waals surface area (Å²) in [6.45, 7) is 5.42. The molecule has 3 nitrogen and oxygen atoms in total. The minimum absolute atomic E-state index is 0.302. The monoisotopic (exact) mass is 375 g/mol. The second-order valence-corrected chi connectivity index (χ2v) is 9.18. The highest BCUT2D eigenvalue weighted by Crippen LogP contribution is 2.35. The molecule has 0 radical (unpaired) electrons. The zero-order valence-corrected chi connectivity index (χ0v) is 13.3. The number of thiophene rings is 1. The van der Waals surface area contributed by atoms with Crippen LogP contribution in [0, 0.1) is 0 Å². The molecule has 7 heteroatoms. The Kier molecular flexibility index (Phi) is 4.04. The lowest BCUT2D eigenvalue weighted by molar-refractivity contribution is 0.492. The van der Waals surface area contributed by atoms with Crippen LogP contribution in [0.5, 0.6) is 0 Å². The Bertz CT molecular complexity index is 440. The van der Waals surface area contributed by atoms with Crippen molar-refractivity contribution in [2.75, 3.05) is 0 Å². The number of sulfonamides is 1. The highest BCUT2D eigenvalue weighted by Gasteiger charge is 2.24. The first-order chi connectivity index (χ1) is 6.62. The van der Waals surface area contributed by atoms with Gasteiger partial charge in [0.2, 0.25) is 0 Å². The molecule has 0 aromatic carbocycles. The first kappa shape index (κ1) is 13.6. The summed E-state index contributed by atoms with van der Waals surface area (Å²) in [5, 5.41) is 0. The molecular formula is C8H11Br2NO2S2. The van der Waals surface area contributed by atoms with E-state index >= 15 is 0 Å². The molecule has 0 saturated carbocycles. The second kappa shape index (κ2) is 4.44. The van der Waals surface area contributed by atoms with Crippen LogP contribution < -0.4 is 4.72 Å². The Hall–Kier alpha value is 0.570. The van der Waals surface area contributed by atoms with Crippen molar-refractivity contribution in [2.45, 2.75) is 30.5 Å². The van der Waals surface area contributed by atoms with Gasteiger partial charge in [-0.25, -0.2) is 13.1 Å². The minimum atomic E-state index is -3.41. The van der Waals surface area contributed by atoms with Crippen LogP contribution in [0.4, 0.5) is 0 Å². The molecule has 0 aliphatic heterocycles. The van der Waals surface area contributed by atoms with Gasteiger partial charge in [0.1, 0.15) is 4.21 Å². The van der Waals surface area contributed by atoms with E-state index in [0.29, 0.717) is 4.21 Å². The maximum absolute atomic E-state index is 11.9. The van der Waals surface area contributed by atoms with Gasteiger partial charge in [-0.05, 0) is 58.7 Å². The summed E-state index contributed by atoms with van der Waals surface area (Å²) in [5.41, 5.74) is -0.470. The van der Waals surface area contributed by atoms with E-state index in [2.05, 4.69) is 36.6 Å². The van der Waals surface area contributed by atoms with Gasteiger partial charge < -0.3 is 0 Å². The summed E-state index contributed by atoms with van der Waals surface area (Å²) in [7, 11) is -3.41. The Morgan fingerprint density at radius 1 is 1.33 bits per heavy atom. The molecule has 1 heterocycles. The van der Waals surface area contributed by atoms with Crippen molar-refractivity contribution in [1.29, 1.82) is 0 Å². The molecule has 0 aliphatic carbocycles. The topological polar surface area (TPSA) is 46.2 Å². The second-order valence-electron chi connectivity index (χ2n) is 4.04. The maximum atomic E-state index is 11.9. The van der Waals surface area contributed by atoms with E-state index in [4.69, 9.17) is 0 Å². The number of hydrogen-bond acceptors (Lipinski definition) is 3. The van der Waals surface area contributed by atoms with E-state index in [9.17, 15) is 8.42 Å². The molecule has 15 heavy (non-hydrogen) atoms. The highest BCUT2D eigenvalue weighted by molar-refractivity contribution is 9.13. The first-order valence-corrected chi connectivity index (χ1v) is 7.99. The molecule has 0 unspecified atom stereocenters. The average Bonchev–Trinajstić information content (AvgIpc) is 2.27. The van der Waals surface area contributed by atoms with E-state index in [1.54, 1.807) is 6.07 Å². The third kappa shape index (κ3) is 3.81. The van der Waals surface area contributed by atoms with Crippen molar-refractivity contribution < 1.29 is 8.42 Å². The fraction of sp³-hybridized carbons (Fsp3) is 0.500. The van der Waals surface area contributed by atoms with Gasteiger partial charge in [0.05, 0.1) is 3.79 Å². The highest BCUT2D eigenvalue weighted by atomic mass is 79.9. The van der Waals surface area contributed by atoms with E-state index in [0.717, 1.165) is 8.26 Å². The van der Waals surface area contributed by atoms with Crippen molar-refractivity contribution in [3.05, 3.63) is 14.3 Å². The van der Waals surface area contributed by atoms with Gasteiger partial charge in [-0.3, -0.25) is 0 Å². The van der Waals surface area contributed by atoms with Gasteiger partial charge >= 0.3 is 0 Å². The quantitative estimate of drug-likeness (QED) is 0.860. The summed E-state index contributed by atoms with van der Waals surface area (Å²) in [6, 6.07) is 1.59. The fourth-order valence-corrected chi connectivity index (χ4v) is 5.15. The lowest BCUT2D eigenvalue weighted by atomic mass is 10.1. The molecule has 1 N–H and O–H groups in total. The summed E-state index contributed by atoms with van der Waals surface area (Å²) < 4.78 is 28.2. The predicted molar refractivity (Wildman–Crippen MR) is 69.8 cm³/mol. The standard InChI is InChI=1S/C8H11Br2NO2S2/c1-8(2,3)11-15(12,13)6-4-5(9)7(10)14-6/h4,11H,1-3H3. The molecule has 0 aliphatic rings. The van der Waals surface area contributed by atoms with Crippen LogP contribution in [0.25, 0.3) is 0 Å². The largest absolute Gasteiger partial charge is 0.250 e. The van der Waals surface area contributed by atoms with Crippen molar-refractivity contribution in [3.8, 4) is 0 Å². The summed E-state index contributed by atoms with van der Waals surface area (Å²) in [4.78, 5) is 0. The molecule has 0 amide bonds. The van der Waals surface area contributed by atoms with Gasteiger partial charge in [-0.2, -0.15) is 0 Å². The van der Waals surface area contributed by atoms with Crippen LogP contribution in [-0.2, 0) is 10.0 Å². The van der Waals surface area contributed by atoms with Gasteiger partial charge in [0.25, 0.3) is 10.0 Å². The van der Waals surface area contributed by atoms with Crippen LogP contribution >= 0.6 is 43.2 Å². The summed E-state index contributed by atoms with van der Waals surface area (Å²) in [5.74, 6) is 0. The van der Waals surface area contributed by atoms with Gasteiger partial charge in [0.15, 0.2) is 0 Å². The van der Waals surface area contributed by atoms with Crippen LogP contribution in [0.2, 0.25) is 0 Å². The molecule has 0 bridgehead atoms. The van der Waals surface area contributed by atoms with E-state index in [1.165, 1.54) is 11.3 Å². The number of halogens is 2. The molecule has 1 aromatic rings. The molecule has 86 valence electrons. The molecule has 0 spiro atoms. The number of rotatable bonds is 2. The Labute approximate surface area is 111 Å². The van der Waals surface area contributed by atoms with E-state index in [1.807, 2.05) is 20.8 Å². The maximum Gasteiger partial charge on any atom is 0.250 e. The van der Waals surface area contributed by atoms with Crippen molar-refractivity contribution in [1.82, 2.24) is 4.72 Å². The van der Waals surface area contributed by atoms with E-state index < -0.39 is 15.6 Å². The predicted octanol–water partition coefficient (Wildman–Crippen LogP) is 3.35. The number of hydrogen-bond donors (Lipinski definition) is 1. The molecule has 0 atom stereocenters. The van der Waals surface area contributed by atoms with Crippen LogP contribution in [0.3, 0.4) is 0 Å². The Balaban J connectivity index is 3.07. The molecule has 0 fully saturated rings. The zero-order chi connectivity index (χ0) is 11.9. The van der Waals surface area contributed by atoms with E-state index in [-0.39, 0.29) is 0 Å². The summed E-state index contributed by atoms with van der Waals surface area (Å²) in [6.07, 6.45) is 0. The van der Waals surface area contributed by atoms with Gasteiger partial charge in [-0.15, -0.1) is 11.3 Å². The molecule has 1 aromatic heterocycles. The Morgan fingerprint density at radius 2 is 1.87 bits per heavy atom. The fourth-order valence-electron chi connectivity index (χ4n) is 0.913. The van der Waals surface area contributed by atoms with Gasteiger partial charge in [-0.1, -0.05) is 0 Å². The molecule has 1 rings (SSSR count).